The second kappa shape index (κ2) is 8.63. The molecule has 6 nitrogen and oxygen atoms in total. The Bertz CT molecular complexity index is 911. The van der Waals surface area contributed by atoms with E-state index >= 15 is 0 Å². The fourth-order valence-corrected chi connectivity index (χ4v) is 2.66. The Morgan fingerprint density at radius 2 is 1.61 bits per heavy atom. The first-order valence-electron chi connectivity index (χ1n) is 8.54. The maximum atomic E-state index is 13.3. The van der Waals surface area contributed by atoms with Crippen molar-refractivity contribution in [2.45, 2.75) is 20.1 Å². The molecule has 0 saturated carbocycles. The summed E-state index contributed by atoms with van der Waals surface area (Å²) < 4.78 is 13.1. The van der Waals surface area contributed by atoms with Crippen LogP contribution in [0, 0.1) is 5.41 Å². The predicted octanol–water partition coefficient (Wildman–Crippen LogP) is 4.84. The van der Waals surface area contributed by atoms with Gasteiger partial charge in [0.2, 0.25) is 5.78 Å². The van der Waals surface area contributed by atoms with Crippen LogP contribution >= 0.6 is 23.2 Å². The smallest absolute Gasteiger partial charge is 0.252 e. The summed E-state index contributed by atoms with van der Waals surface area (Å²) in [5.41, 5.74) is -0.858. The maximum absolute atomic E-state index is 13.3. The highest BCUT2D eigenvalue weighted by Crippen LogP contribution is 2.28. The lowest BCUT2D eigenvalue weighted by Crippen LogP contribution is -2.39. The predicted molar refractivity (Wildman–Crippen MR) is 107 cm³/mol. The fourth-order valence-electron chi connectivity index (χ4n) is 2.41. The van der Waals surface area contributed by atoms with Gasteiger partial charge in [-0.15, -0.1) is 0 Å². The van der Waals surface area contributed by atoms with Crippen LogP contribution in [0.25, 0.3) is 0 Å². The van der Waals surface area contributed by atoms with Gasteiger partial charge in [0.25, 0.3) is 6.23 Å². The van der Waals surface area contributed by atoms with Gasteiger partial charge >= 0.3 is 0 Å². The number of carbonyl (C=O) groups excluding carboxylic acids is 1. The highest BCUT2D eigenvalue weighted by atomic mass is 35.5. The molecular formula is C20H19Cl2N3O3. The Morgan fingerprint density at radius 1 is 1.04 bits per heavy atom. The molecule has 0 aliphatic heterocycles. The Kier molecular flexibility index (Phi) is 6.21. The van der Waals surface area contributed by atoms with E-state index in [2.05, 4.69) is 10.1 Å². The molecule has 1 unspecified atom stereocenters. The summed E-state index contributed by atoms with van der Waals surface area (Å²) in [4.78, 5) is 17.2. The largest absolute Gasteiger partial charge is 0.493 e. The number of carbonyl (C=O) groups is 1. The quantitative estimate of drug-likeness (QED) is 0.522. The van der Waals surface area contributed by atoms with E-state index in [4.69, 9.17) is 32.7 Å². The number of ketones is 1. The van der Waals surface area contributed by atoms with E-state index in [-0.39, 0.29) is 12.4 Å². The zero-order chi connectivity index (χ0) is 20.1. The van der Waals surface area contributed by atoms with Crippen molar-refractivity contribution in [1.29, 1.82) is 0 Å². The van der Waals surface area contributed by atoms with Crippen LogP contribution in [-0.2, 0) is 4.79 Å². The van der Waals surface area contributed by atoms with Crippen molar-refractivity contribution in [3.05, 3.63) is 71.2 Å². The fraction of sp³-hybridized carbons (Fsp3) is 0.250. The van der Waals surface area contributed by atoms with E-state index in [0.29, 0.717) is 21.5 Å². The minimum absolute atomic E-state index is 0.155. The third-order valence-corrected chi connectivity index (χ3v) is 4.55. The molecule has 0 N–H and O–H groups in total. The molecule has 0 bridgehead atoms. The van der Waals surface area contributed by atoms with Crippen LogP contribution in [0.2, 0.25) is 10.0 Å². The lowest BCUT2D eigenvalue weighted by molar-refractivity contribution is -0.140. The van der Waals surface area contributed by atoms with Gasteiger partial charge < -0.3 is 9.47 Å². The van der Waals surface area contributed by atoms with E-state index in [1.54, 1.807) is 62.4 Å². The number of halogens is 2. The summed E-state index contributed by atoms with van der Waals surface area (Å²) in [5, 5.41) is 5.26. The average Bonchev–Trinajstić information content (AvgIpc) is 3.21. The molecular weight excluding hydrogens is 401 g/mol. The van der Waals surface area contributed by atoms with Gasteiger partial charge in [-0.25, -0.2) is 9.67 Å². The molecule has 0 fully saturated rings. The molecule has 28 heavy (non-hydrogen) atoms. The number of aromatic nitrogens is 3. The zero-order valence-corrected chi connectivity index (χ0v) is 16.9. The van der Waals surface area contributed by atoms with Crippen molar-refractivity contribution < 1.29 is 14.3 Å². The molecule has 1 atom stereocenters. The van der Waals surface area contributed by atoms with Gasteiger partial charge in [0.05, 0.1) is 5.41 Å². The molecule has 0 radical (unpaired) electrons. The SMILES string of the molecule is CC(C)(COc1ccc(Cl)cc1)C(=O)C(Oc1ccc(Cl)cc1)n1cncn1. The third-order valence-electron chi connectivity index (χ3n) is 4.04. The zero-order valence-electron chi connectivity index (χ0n) is 15.4. The van der Waals surface area contributed by atoms with Crippen LogP contribution in [0.4, 0.5) is 0 Å². The minimum Gasteiger partial charge on any atom is -0.493 e. The molecule has 0 saturated heterocycles. The normalized spacial score (nSPS) is 12.4. The molecule has 3 rings (SSSR count). The molecule has 0 aliphatic rings. The number of benzene rings is 2. The Morgan fingerprint density at radius 3 is 2.14 bits per heavy atom. The monoisotopic (exact) mass is 419 g/mol. The standard InChI is InChI=1S/C20H19Cl2N3O3/c1-20(2,11-27-16-7-3-14(21)4-8-16)18(26)19(25-13-23-12-24-25)28-17-9-5-15(22)6-10-17/h3-10,12-13,19H,11H2,1-2H3. The summed E-state index contributed by atoms with van der Waals surface area (Å²) in [6.07, 6.45) is 1.80. The number of hydrogen-bond donors (Lipinski definition) is 0. The molecule has 0 amide bonds. The van der Waals surface area contributed by atoms with Gasteiger partial charge in [-0.3, -0.25) is 4.79 Å². The first-order valence-corrected chi connectivity index (χ1v) is 9.30. The van der Waals surface area contributed by atoms with Crippen LogP contribution in [0.3, 0.4) is 0 Å². The van der Waals surface area contributed by atoms with Gasteiger partial charge in [0, 0.05) is 10.0 Å². The van der Waals surface area contributed by atoms with Crippen LogP contribution in [0.1, 0.15) is 20.1 Å². The Labute approximate surface area is 173 Å². The van der Waals surface area contributed by atoms with Crippen molar-refractivity contribution >= 4 is 29.0 Å². The average molecular weight is 420 g/mol. The van der Waals surface area contributed by atoms with Gasteiger partial charge in [-0.1, -0.05) is 23.2 Å². The van der Waals surface area contributed by atoms with E-state index in [1.165, 1.54) is 17.3 Å². The molecule has 2 aromatic carbocycles. The molecule has 8 heteroatoms. The van der Waals surface area contributed by atoms with E-state index < -0.39 is 11.6 Å². The van der Waals surface area contributed by atoms with Gasteiger partial charge in [0.15, 0.2) is 0 Å². The summed E-state index contributed by atoms with van der Waals surface area (Å²) in [5.74, 6) is 0.913. The van der Waals surface area contributed by atoms with Crippen molar-refractivity contribution in [3.8, 4) is 11.5 Å². The third kappa shape index (κ3) is 5.03. The summed E-state index contributed by atoms with van der Waals surface area (Å²) >= 11 is 11.8. The summed E-state index contributed by atoms with van der Waals surface area (Å²) in [6.45, 7) is 3.74. The number of Topliss-reactive ketones (excluding diaryl/α,β-unsaturated/α-hetero) is 1. The van der Waals surface area contributed by atoms with Gasteiger partial charge in [-0.2, -0.15) is 5.10 Å². The number of rotatable bonds is 8. The van der Waals surface area contributed by atoms with E-state index in [9.17, 15) is 4.79 Å². The highest BCUT2D eigenvalue weighted by molar-refractivity contribution is 6.30. The minimum atomic E-state index is -0.993. The molecule has 1 heterocycles. The topological polar surface area (TPSA) is 66.2 Å². The van der Waals surface area contributed by atoms with E-state index in [0.717, 1.165) is 0 Å². The summed E-state index contributed by atoms with van der Waals surface area (Å²) in [7, 11) is 0. The van der Waals surface area contributed by atoms with Crippen molar-refractivity contribution in [2.24, 2.45) is 5.41 Å². The molecule has 3 aromatic rings. The van der Waals surface area contributed by atoms with Crippen LogP contribution in [0.5, 0.6) is 11.5 Å². The lowest BCUT2D eigenvalue weighted by Gasteiger charge is -2.28. The Balaban J connectivity index is 1.77. The van der Waals surface area contributed by atoms with Crippen molar-refractivity contribution in [1.82, 2.24) is 14.8 Å². The first kappa shape index (κ1) is 20.2. The van der Waals surface area contributed by atoms with Gasteiger partial charge in [-0.05, 0) is 62.4 Å². The second-order valence-corrected chi connectivity index (χ2v) is 7.66. The van der Waals surface area contributed by atoms with Gasteiger partial charge in [0.1, 0.15) is 30.8 Å². The number of nitrogens with zero attached hydrogens (tertiary/aromatic N) is 3. The number of ether oxygens (including phenoxy) is 2. The van der Waals surface area contributed by atoms with Crippen LogP contribution in [0.15, 0.2) is 61.2 Å². The van der Waals surface area contributed by atoms with Crippen molar-refractivity contribution in [2.75, 3.05) is 6.61 Å². The van der Waals surface area contributed by atoms with Crippen LogP contribution < -0.4 is 9.47 Å². The molecule has 1 aromatic heterocycles. The Hall–Kier alpha value is -2.57. The van der Waals surface area contributed by atoms with E-state index in [1.807, 2.05) is 0 Å². The molecule has 0 aliphatic carbocycles. The lowest BCUT2D eigenvalue weighted by atomic mass is 9.88. The second-order valence-electron chi connectivity index (χ2n) is 6.79. The van der Waals surface area contributed by atoms with Crippen LogP contribution in [-0.4, -0.2) is 27.2 Å². The maximum Gasteiger partial charge on any atom is 0.252 e. The molecule has 146 valence electrons. The highest BCUT2D eigenvalue weighted by Gasteiger charge is 2.37. The number of hydrogen-bond acceptors (Lipinski definition) is 5. The van der Waals surface area contributed by atoms with Crippen molar-refractivity contribution in [3.63, 3.8) is 0 Å². The molecule has 0 spiro atoms. The first-order chi connectivity index (χ1) is 13.3. The summed E-state index contributed by atoms with van der Waals surface area (Å²) in [6, 6.07) is 13.7.